The van der Waals surface area contributed by atoms with Gasteiger partial charge in [-0.3, -0.25) is 4.79 Å². The smallest absolute Gasteiger partial charge is 0.262 e. The van der Waals surface area contributed by atoms with E-state index < -0.39 is 12.2 Å². The number of ether oxygens (including phenoxy) is 1. The van der Waals surface area contributed by atoms with Gasteiger partial charge in [0.2, 0.25) is 5.91 Å². The Bertz CT molecular complexity index is 1010. The number of rotatable bonds is 5. The molecule has 28 heavy (non-hydrogen) atoms. The Kier molecular flexibility index (Phi) is 5.36. The maximum atomic E-state index is 15.0. The van der Waals surface area contributed by atoms with Gasteiger partial charge in [-0.25, -0.2) is 23.0 Å². The van der Waals surface area contributed by atoms with Crippen molar-refractivity contribution in [2.24, 2.45) is 5.10 Å². The summed E-state index contributed by atoms with van der Waals surface area (Å²) in [5.41, 5.74) is 0.868. The molecule has 0 N–H and O–H groups in total. The number of nitrogens with zero attached hydrogens (tertiary/aromatic N) is 3. The van der Waals surface area contributed by atoms with Gasteiger partial charge in [0.15, 0.2) is 17.3 Å². The predicted molar refractivity (Wildman–Crippen MR) is 97.4 cm³/mol. The van der Waals surface area contributed by atoms with Crippen LogP contribution in [0.25, 0.3) is 4.85 Å². The van der Waals surface area contributed by atoms with Gasteiger partial charge in [-0.1, -0.05) is 12.1 Å². The number of carbonyl (C=O) groups is 1. The van der Waals surface area contributed by atoms with Crippen molar-refractivity contribution in [1.29, 1.82) is 0 Å². The lowest BCUT2D eigenvalue weighted by Gasteiger charge is -2.14. The van der Waals surface area contributed by atoms with Gasteiger partial charge in [0.25, 0.3) is 6.43 Å². The standard InChI is InChI=1S/C20H16F3N3O2/c1-11-4-5-12(6-15-10-17(27)26(3)25-15)18(21)19(11)28-16-8-13(20(22)23)7-14(9-16)24-2/h4-5,7-9,20H,6,10H2,1,3H3. The highest BCUT2D eigenvalue weighted by molar-refractivity contribution is 6.05. The van der Waals surface area contributed by atoms with Gasteiger partial charge < -0.3 is 4.74 Å². The Hall–Kier alpha value is -3.34. The molecular formula is C20H16F3N3O2. The van der Waals surface area contributed by atoms with E-state index in [1.54, 1.807) is 19.1 Å². The SMILES string of the molecule is [C-]#[N+]c1cc(Oc2c(C)ccc(CC3=NN(C)C(=O)C3)c2F)cc(C(F)F)c1. The van der Waals surface area contributed by atoms with Gasteiger partial charge in [0.05, 0.1) is 18.7 Å². The fourth-order valence-electron chi connectivity index (χ4n) is 2.84. The topological polar surface area (TPSA) is 46.3 Å². The van der Waals surface area contributed by atoms with Crippen LogP contribution in [0.2, 0.25) is 0 Å². The third-order valence-electron chi connectivity index (χ3n) is 4.29. The van der Waals surface area contributed by atoms with E-state index in [4.69, 9.17) is 11.3 Å². The number of aryl methyl sites for hydroxylation is 1. The molecule has 0 spiro atoms. The average Bonchev–Trinajstić information content (AvgIpc) is 2.98. The predicted octanol–water partition coefficient (Wildman–Crippen LogP) is 5.18. The molecule has 1 amide bonds. The first-order valence-electron chi connectivity index (χ1n) is 8.38. The van der Waals surface area contributed by atoms with Crippen molar-refractivity contribution in [2.45, 2.75) is 26.2 Å². The lowest BCUT2D eigenvalue weighted by atomic mass is 10.0. The summed E-state index contributed by atoms with van der Waals surface area (Å²) in [6.07, 6.45) is -2.54. The van der Waals surface area contributed by atoms with E-state index >= 15 is 4.39 Å². The van der Waals surface area contributed by atoms with E-state index in [9.17, 15) is 13.6 Å². The molecule has 1 aliphatic rings. The number of hydrazone groups is 1. The molecule has 1 heterocycles. The van der Waals surface area contributed by atoms with Crippen molar-refractivity contribution in [2.75, 3.05) is 7.05 Å². The minimum Gasteiger partial charge on any atom is -0.455 e. The third-order valence-corrected chi connectivity index (χ3v) is 4.29. The van der Waals surface area contributed by atoms with Crippen molar-refractivity contribution in [1.82, 2.24) is 5.01 Å². The summed E-state index contributed by atoms with van der Waals surface area (Å²) >= 11 is 0. The molecule has 144 valence electrons. The third kappa shape index (κ3) is 3.98. The fourth-order valence-corrected chi connectivity index (χ4v) is 2.84. The first-order chi connectivity index (χ1) is 13.3. The highest BCUT2D eigenvalue weighted by atomic mass is 19.3. The van der Waals surface area contributed by atoms with Gasteiger partial charge >= 0.3 is 0 Å². The molecule has 1 aliphatic heterocycles. The molecule has 0 aromatic heterocycles. The van der Waals surface area contributed by atoms with Gasteiger partial charge in [-0.05, 0) is 36.2 Å². The van der Waals surface area contributed by atoms with Crippen LogP contribution in [0.15, 0.2) is 35.4 Å². The van der Waals surface area contributed by atoms with E-state index in [0.717, 1.165) is 12.1 Å². The first-order valence-corrected chi connectivity index (χ1v) is 8.38. The van der Waals surface area contributed by atoms with Gasteiger partial charge in [0.1, 0.15) is 5.75 Å². The molecule has 0 saturated carbocycles. The molecule has 0 saturated heterocycles. The number of amides is 1. The molecule has 0 bridgehead atoms. The van der Waals surface area contributed by atoms with E-state index in [2.05, 4.69) is 9.95 Å². The second kappa shape index (κ2) is 7.72. The van der Waals surface area contributed by atoms with Crippen LogP contribution in [0.4, 0.5) is 18.9 Å². The molecule has 0 aliphatic carbocycles. The van der Waals surface area contributed by atoms with Crippen LogP contribution in [0, 0.1) is 19.3 Å². The molecule has 3 rings (SSSR count). The summed E-state index contributed by atoms with van der Waals surface area (Å²) in [7, 11) is 1.53. The maximum Gasteiger partial charge on any atom is 0.262 e. The van der Waals surface area contributed by atoms with Gasteiger partial charge in [0, 0.05) is 19.0 Å². The van der Waals surface area contributed by atoms with Crippen LogP contribution in [0.5, 0.6) is 11.5 Å². The summed E-state index contributed by atoms with van der Waals surface area (Å²) in [5.74, 6) is -0.986. The molecule has 0 atom stereocenters. The highest BCUT2D eigenvalue weighted by Gasteiger charge is 2.23. The normalized spacial score (nSPS) is 13.7. The van der Waals surface area contributed by atoms with Crippen LogP contribution in [0.3, 0.4) is 0 Å². The number of carbonyl (C=O) groups excluding carboxylic acids is 1. The van der Waals surface area contributed by atoms with Crippen molar-refractivity contribution in [3.05, 3.63) is 64.3 Å². The van der Waals surface area contributed by atoms with Crippen LogP contribution in [0.1, 0.15) is 29.5 Å². The summed E-state index contributed by atoms with van der Waals surface area (Å²) in [6, 6.07) is 6.64. The van der Waals surface area contributed by atoms with Crippen molar-refractivity contribution < 1.29 is 22.7 Å². The van der Waals surface area contributed by atoms with Crippen molar-refractivity contribution >= 4 is 17.3 Å². The first kappa shape index (κ1) is 19.4. The lowest BCUT2D eigenvalue weighted by Crippen LogP contribution is -2.14. The molecular weight excluding hydrogens is 371 g/mol. The minimum atomic E-state index is -2.78. The molecule has 2 aromatic rings. The van der Waals surface area contributed by atoms with Crippen LogP contribution >= 0.6 is 0 Å². The largest absolute Gasteiger partial charge is 0.455 e. The Morgan fingerprint density at radius 3 is 2.68 bits per heavy atom. The summed E-state index contributed by atoms with van der Waals surface area (Å²) in [4.78, 5) is 14.7. The zero-order chi connectivity index (χ0) is 20.4. The van der Waals surface area contributed by atoms with Crippen LogP contribution in [-0.2, 0) is 11.2 Å². The average molecular weight is 387 g/mol. The quantitative estimate of drug-likeness (QED) is 0.664. The molecule has 5 nitrogen and oxygen atoms in total. The van der Waals surface area contributed by atoms with Gasteiger partial charge in [-0.15, -0.1) is 0 Å². The second-order valence-electron chi connectivity index (χ2n) is 6.40. The minimum absolute atomic E-state index is 0.0242. The van der Waals surface area contributed by atoms with Gasteiger partial charge in [-0.2, -0.15) is 5.10 Å². The Morgan fingerprint density at radius 1 is 1.32 bits per heavy atom. The second-order valence-corrected chi connectivity index (χ2v) is 6.40. The number of halogens is 3. The maximum absolute atomic E-state index is 15.0. The van der Waals surface area contributed by atoms with Crippen molar-refractivity contribution in [3.63, 3.8) is 0 Å². The van der Waals surface area contributed by atoms with Crippen LogP contribution < -0.4 is 4.74 Å². The molecule has 8 heteroatoms. The molecule has 2 aromatic carbocycles. The zero-order valence-electron chi connectivity index (χ0n) is 15.2. The Labute approximate surface area is 159 Å². The number of alkyl halides is 2. The zero-order valence-corrected chi connectivity index (χ0v) is 15.2. The lowest BCUT2D eigenvalue weighted by molar-refractivity contribution is -0.127. The highest BCUT2D eigenvalue weighted by Crippen LogP contribution is 2.35. The molecule has 0 fully saturated rings. The Morgan fingerprint density at radius 2 is 2.07 bits per heavy atom. The number of hydrogen-bond donors (Lipinski definition) is 0. The van der Waals surface area contributed by atoms with Crippen molar-refractivity contribution in [3.8, 4) is 11.5 Å². The van der Waals surface area contributed by atoms with E-state index in [1.165, 1.54) is 18.1 Å². The van der Waals surface area contributed by atoms with E-state index in [-0.39, 0.29) is 47.1 Å². The van der Waals surface area contributed by atoms with E-state index in [1.807, 2.05) is 0 Å². The molecule has 0 unspecified atom stereocenters. The summed E-state index contributed by atoms with van der Waals surface area (Å²) < 4.78 is 46.6. The Balaban J connectivity index is 1.93. The fraction of sp³-hybridized carbons (Fsp3) is 0.250. The molecule has 0 radical (unpaired) electrons. The number of hydrogen-bond acceptors (Lipinski definition) is 3. The summed E-state index contributed by atoms with van der Waals surface area (Å²) in [6.45, 7) is 8.66. The van der Waals surface area contributed by atoms with Crippen LogP contribution in [-0.4, -0.2) is 23.7 Å². The van der Waals surface area contributed by atoms with E-state index in [0.29, 0.717) is 11.3 Å². The summed E-state index contributed by atoms with van der Waals surface area (Å²) in [5, 5.41) is 5.28. The number of benzene rings is 2. The monoisotopic (exact) mass is 387 g/mol.